The molecule has 4 aliphatic rings. The Hall–Kier alpha value is -0.410. The van der Waals surface area contributed by atoms with E-state index in [9.17, 15) is 9.90 Å². The predicted molar refractivity (Wildman–Crippen MR) is 99.9 cm³/mol. The molecule has 3 heteroatoms. The Morgan fingerprint density at radius 1 is 0.960 bits per heavy atom. The molecule has 4 fully saturated rings. The van der Waals surface area contributed by atoms with E-state index in [-0.39, 0.29) is 17.9 Å². The van der Waals surface area contributed by atoms with Gasteiger partial charge < -0.3 is 10.8 Å². The zero-order valence-electron chi connectivity index (χ0n) is 16.4. The molecule has 0 spiro atoms. The molecule has 0 aliphatic heterocycles. The Morgan fingerprint density at radius 2 is 1.64 bits per heavy atom. The summed E-state index contributed by atoms with van der Waals surface area (Å²) in [6, 6.07) is 0. The van der Waals surface area contributed by atoms with E-state index < -0.39 is 5.60 Å². The number of nitrogens with two attached hydrogens (primary N) is 1. The van der Waals surface area contributed by atoms with Gasteiger partial charge in [-0.05, 0) is 99.2 Å². The molecule has 0 aromatic carbocycles. The Kier molecular flexibility index (Phi) is 4.16. The van der Waals surface area contributed by atoms with Gasteiger partial charge in [-0.15, -0.1) is 0 Å². The first-order valence-corrected chi connectivity index (χ1v) is 10.7. The largest absolute Gasteiger partial charge is 0.390 e. The highest BCUT2D eigenvalue weighted by molar-refractivity contribution is 5.84. The molecule has 0 unspecified atom stereocenters. The van der Waals surface area contributed by atoms with E-state index in [1.165, 1.54) is 38.5 Å². The standard InChI is InChI=1S/C22H37NO2/c1-20-9-6-15-14(16(20)8-10-21(2,25)13-20)7-11-22(3)17(15)4-5-18(22)19(24)12-23/h14-18,25H,4-13,23H2,1-3H3/t14-,15+,16+,17-,18+,20-,21+,22-/m0/s1. The average molecular weight is 348 g/mol. The maximum absolute atomic E-state index is 12.4. The number of fused-ring (bicyclic) bond motifs is 5. The topological polar surface area (TPSA) is 63.3 Å². The van der Waals surface area contributed by atoms with Crippen LogP contribution in [0.25, 0.3) is 0 Å². The molecule has 142 valence electrons. The molecular weight excluding hydrogens is 310 g/mol. The smallest absolute Gasteiger partial charge is 0.150 e. The van der Waals surface area contributed by atoms with Crippen molar-refractivity contribution in [3.8, 4) is 0 Å². The van der Waals surface area contributed by atoms with Crippen LogP contribution in [-0.4, -0.2) is 23.0 Å². The van der Waals surface area contributed by atoms with E-state index in [4.69, 9.17) is 5.73 Å². The maximum atomic E-state index is 12.4. The Balaban J connectivity index is 1.58. The van der Waals surface area contributed by atoms with Crippen molar-refractivity contribution in [2.75, 3.05) is 6.54 Å². The molecule has 0 saturated heterocycles. The van der Waals surface area contributed by atoms with Gasteiger partial charge in [0.05, 0.1) is 12.1 Å². The fraction of sp³-hybridized carbons (Fsp3) is 0.955. The van der Waals surface area contributed by atoms with Crippen LogP contribution in [0.1, 0.15) is 78.6 Å². The number of Topliss-reactive ketones (excluding diaryl/α,β-unsaturated/α-hetero) is 1. The summed E-state index contributed by atoms with van der Waals surface area (Å²) in [5.41, 5.74) is 5.78. The summed E-state index contributed by atoms with van der Waals surface area (Å²) in [6.45, 7) is 7.11. The first-order valence-electron chi connectivity index (χ1n) is 10.7. The van der Waals surface area contributed by atoms with Crippen LogP contribution < -0.4 is 5.73 Å². The molecule has 4 rings (SSSR count). The summed E-state index contributed by atoms with van der Waals surface area (Å²) >= 11 is 0. The third-order valence-corrected chi connectivity index (χ3v) is 9.32. The van der Waals surface area contributed by atoms with Gasteiger partial charge >= 0.3 is 0 Å². The fourth-order valence-electron chi connectivity index (χ4n) is 8.31. The third-order valence-electron chi connectivity index (χ3n) is 9.32. The minimum atomic E-state index is -0.465. The quantitative estimate of drug-likeness (QED) is 0.795. The lowest BCUT2D eigenvalue weighted by Gasteiger charge is -2.60. The van der Waals surface area contributed by atoms with Gasteiger partial charge in [0, 0.05) is 5.92 Å². The van der Waals surface area contributed by atoms with Crippen molar-refractivity contribution in [3.63, 3.8) is 0 Å². The summed E-state index contributed by atoms with van der Waals surface area (Å²) in [7, 11) is 0. The third kappa shape index (κ3) is 2.64. The van der Waals surface area contributed by atoms with Crippen molar-refractivity contribution in [3.05, 3.63) is 0 Å². The zero-order valence-corrected chi connectivity index (χ0v) is 16.4. The van der Waals surface area contributed by atoms with Crippen LogP contribution in [0.2, 0.25) is 0 Å². The number of carbonyl (C=O) groups excluding carboxylic acids is 1. The van der Waals surface area contributed by atoms with E-state index in [1.54, 1.807) is 0 Å². The molecule has 4 saturated carbocycles. The lowest BCUT2D eigenvalue weighted by atomic mass is 9.45. The van der Waals surface area contributed by atoms with Gasteiger partial charge in [-0.3, -0.25) is 4.79 Å². The summed E-state index contributed by atoms with van der Waals surface area (Å²) in [5, 5.41) is 10.6. The van der Waals surface area contributed by atoms with Crippen molar-refractivity contribution in [1.82, 2.24) is 0 Å². The number of hydrogen-bond acceptors (Lipinski definition) is 3. The first kappa shape index (κ1) is 18.0. The Bertz CT molecular complexity index is 558. The molecule has 0 heterocycles. The highest BCUT2D eigenvalue weighted by Gasteiger charge is 2.60. The minimum Gasteiger partial charge on any atom is -0.390 e. The predicted octanol–water partition coefficient (Wildman–Crippen LogP) is 3.92. The van der Waals surface area contributed by atoms with Gasteiger partial charge in [-0.2, -0.15) is 0 Å². The summed E-state index contributed by atoms with van der Waals surface area (Å²) in [4.78, 5) is 12.4. The fourth-order valence-corrected chi connectivity index (χ4v) is 8.31. The number of aliphatic hydroxyl groups is 1. The molecule has 4 aliphatic carbocycles. The van der Waals surface area contributed by atoms with Crippen LogP contribution in [0.5, 0.6) is 0 Å². The van der Waals surface area contributed by atoms with Crippen LogP contribution in [0, 0.1) is 40.4 Å². The molecule has 8 atom stereocenters. The SMILES string of the molecule is C[C@@]1(O)CC[C@@H]2[C@H]3CC[C@]4(C)[C@@H](C(=O)CN)CC[C@H]4[C@@H]3CC[C@@]2(C)C1. The van der Waals surface area contributed by atoms with E-state index in [0.29, 0.717) is 11.2 Å². The molecule has 3 N–H and O–H groups in total. The van der Waals surface area contributed by atoms with Gasteiger partial charge in [0.25, 0.3) is 0 Å². The number of hydrogen-bond donors (Lipinski definition) is 2. The van der Waals surface area contributed by atoms with Crippen molar-refractivity contribution < 1.29 is 9.90 Å². The van der Waals surface area contributed by atoms with Crippen molar-refractivity contribution in [2.24, 2.45) is 46.2 Å². The van der Waals surface area contributed by atoms with Crippen LogP contribution in [-0.2, 0) is 4.79 Å². The van der Waals surface area contributed by atoms with Crippen molar-refractivity contribution in [1.29, 1.82) is 0 Å². The number of ketones is 1. The second-order valence-electron chi connectivity index (χ2n) is 10.8. The highest BCUT2D eigenvalue weighted by atomic mass is 16.3. The zero-order chi connectivity index (χ0) is 18.0. The van der Waals surface area contributed by atoms with E-state index in [1.807, 2.05) is 6.92 Å². The minimum absolute atomic E-state index is 0.200. The first-order chi connectivity index (χ1) is 11.7. The van der Waals surface area contributed by atoms with Crippen molar-refractivity contribution in [2.45, 2.75) is 84.2 Å². The Labute approximate surface area is 153 Å². The van der Waals surface area contributed by atoms with Crippen molar-refractivity contribution >= 4 is 5.78 Å². The lowest BCUT2D eigenvalue weighted by Crippen LogP contribution is -2.54. The molecule has 0 aromatic rings. The second kappa shape index (κ2) is 5.79. The normalized spacial score (nSPS) is 55.2. The monoisotopic (exact) mass is 347 g/mol. The van der Waals surface area contributed by atoms with Gasteiger partial charge in [-0.25, -0.2) is 0 Å². The van der Waals surface area contributed by atoms with Crippen LogP contribution in [0.3, 0.4) is 0 Å². The molecule has 25 heavy (non-hydrogen) atoms. The van der Waals surface area contributed by atoms with Gasteiger partial charge in [-0.1, -0.05) is 13.8 Å². The van der Waals surface area contributed by atoms with Crippen LogP contribution in [0.15, 0.2) is 0 Å². The number of rotatable bonds is 2. The maximum Gasteiger partial charge on any atom is 0.150 e. The van der Waals surface area contributed by atoms with Crippen LogP contribution >= 0.6 is 0 Å². The molecule has 0 aromatic heterocycles. The van der Waals surface area contributed by atoms with E-state index in [2.05, 4.69) is 13.8 Å². The van der Waals surface area contributed by atoms with E-state index in [0.717, 1.165) is 42.9 Å². The van der Waals surface area contributed by atoms with Gasteiger partial charge in [0.2, 0.25) is 0 Å². The summed E-state index contributed by atoms with van der Waals surface area (Å²) in [6.07, 6.45) is 10.5. The van der Waals surface area contributed by atoms with Gasteiger partial charge in [0.15, 0.2) is 0 Å². The molecular formula is C22H37NO2. The number of carbonyl (C=O) groups is 1. The molecule has 0 radical (unpaired) electrons. The summed E-state index contributed by atoms with van der Waals surface area (Å²) in [5.74, 6) is 3.63. The van der Waals surface area contributed by atoms with E-state index >= 15 is 0 Å². The highest BCUT2D eigenvalue weighted by Crippen LogP contribution is 2.67. The van der Waals surface area contributed by atoms with Gasteiger partial charge in [0.1, 0.15) is 5.78 Å². The molecule has 0 bridgehead atoms. The lowest BCUT2D eigenvalue weighted by molar-refractivity contribution is -0.144. The molecule has 3 nitrogen and oxygen atoms in total. The Morgan fingerprint density at radius 3 is 2.36 bits per heavy atom. The summed E-state index contributed by atoms with van der Waals surface area (Å²) < 4.78 is 0. The average Bonchev–Trinajstić information content (AvgIpc) is 2.89. The van der Waals surface area contributed by atoms with Crippen LogP contribution in [0.4, 0.5) is 0 Å². The second-order valence-corrected chi connectivity index (χ2v) is 10.8. The molecule has 0 amide bonds.